The van der Waals surface area contributed by atoms with Gasteiger partial charge in [-0.25, -0.2) is 19.2 Å². The molecule has 0 saturated heterocycles. The van der Waals surface area contributed by atoms with Crippen molar-refractivity contribution in [3.8, 4) is 5.75 Å². The van der Waals surface area contributed by atoms with Gasteiger partial charge in [-0.05, 0) is 39.3 Å². The molecule has 4 rings (SSSR count). The van der Waals surface area contributed by atoms with E-state index in [1.165, 1.54) is 17.8 Å². The van der Waals surface area contributed by atoms with Gasteiger partial charge in [-0.1, -0.05) is 0 Å². The lowest BCUT2D eigenvalue weighted by molar-refractivity contribution is -0.623. The molecule has 0 saturated carbocycles. The largest absolute Gasteiger partial charge is 0.710 e. The van der Waals surface area contributed by atoms with Gasteiger partial charge >= 0.3 is 17.8 Å². The molecule has 0 aliphatic carbocycles. The Kier molecular flexibility index (Phi) is 8.46. The molecule has 0 amide bonds. The van der Waals surface area contributed by atoms with Gasteiger partial charge in [0, 0.05) is 25.5 Å². The van der Waals surface area contributed by atoms with Crippen LogP contribution in [0, 0.1) is 23.2 Å². The van der Waals surface area contributed by atoms with Gasteiger partial charge in [-0.15, -0.1) is 0 Å². The van der Waals surface area contributed by atoms with E-state index in [-0.39, 0.29) is 61.0 Å². The monoisotopic (exact) mass is 556 g/mol. The van der Waals surface area contributed by atoms with Crippen LogP contribution in [0.25, 0.3) is 22.1 Å². The summed E-state index contributed by atoms with van der Waals surface area (Å²) < 4.78 is 30.7. The minimum Gasteiger partial charge on any atom is -0.710 e. The number of ether oxygens (including phenoxy) is 3. The van der Waals surface area contributed by atoms with Crippen molar-refractivity contribution in [1.29, 1.82) is 0 Å². The van der Waals surface area contributed by atoms with E-state index in [4.69, 9.17) is 14.2 Å². The van der Waals surface area contributed by atoms with Crippen molar-refractivity contribution in [1.82, 2.24) is 15.0 Å². The second-order valence-electron chi connectivity index (χ2n) is 8.69. The lowest BCUT2D eigenvalue weighted by atomic mass is 10.1. The first kappa shape index (κ1) is 28.3. The highest BCUT2D eigenvalue weighted by atomic mass is 19.1. The minimum atomic E-state index is -0.962. The maximum Gasteiger partial charge on any atom is 0.352 e. The number of aromatic nitrogens is 5. The van der Waals surface area contributed by atoms with E-state index in [1.54, 1.807) is 39.0 Å². The maximum atomic E-state index is 14.5. The zero-order valence-corrected chi connectivity index (χ0v) is 22.5. The molecule has 0 aliphatic heterocycles. The Bertz CT molecular complexity index is 1570. The number of nitrogens with one attached hydrogen (secondary N) is 1. The highest BCUT2D eigenvalue weighted by Crippen LogP contribution is 2.26. The molecule has 1 unspecified atom stereocenters. The molecule has 0 spiro atoms. The number of anilines is 2. The lowest BCUT2D eigenvalue weighted by Crippen LogP contribution is -2.43. The highest BCUT2D eigenvalue weighted by Gasteiger charge is 2.28. The van der Waals surface area contributed by atoms with Crippen LogP contribution in [-0.2, 0) is 19.1 Å². The topological polar surface area (TPSA) is 158 Å². The van der Waals surface area contributed by atoms with Crippen LogP contribution >= 0.6 is 0 Å². The molecular formula is C26H29FN6O7. The average molecular weight is 557 g/mol. The molecule has 1 N–H and O–H groups in total. The first-order chi connectivity index (χ1) is 19.2. The van der Waals surface area contributed by atoms with Crippen molar-refractivity contribution in [3.05, 3.63) is 52.3 Å². The van der Waals surface area contributed by atoms with Gasteiger partial charge < -0.3 is 24.6 Å². The van der Waals surface area contributed by atoms with E-state index < -0.39 is 23.8 Å². The molecule has 2 aromatic carbocycles. The number of hydrogen-bond acceptors (Lipinski definition) is 10. The molecule has 14 heteroatoms. The van der Waals surface area contributed by atoms with Crippen LogP contribution in [0.2, 0.25) is 0 Å². The Morgan fingerprint density at radius 1 is 1.00 bits per heavy atom. The first-order valence-corrected chi connectivity index (χ1v) is 12.8. The van der Waals surface area contributed by atoms with E-state index in [9.17, 15) is 24.4 Å². The maximum absolute atomic E-state index is 14.5. The van der Waals surface area contributed by atoms with Gasteiger partial charge in [0.15, 0.2) is 17.6 Å². The third-order valence-corrected chi connectivity index (χ3v) is 6.04. The van der Waals surface area contributed by atoms with Crippen LogP contribution in [0.5, 0.6) is 5.75 Å². The van der Waals surface area contributed by atoms with Crippen molar-refractivity contribution >= 4 is 45.5 Å². The molecular weight excluding hydrogens is 527 g/mol. The fourth-order valence-electron chi connectivity index (χ4n) is 4.15. The van der Waals surface area contributed by atoms with Gasteiger partial charge in [-0.2, -0.15) is 19.7 Å². The van der Waals surface area contributed by atoms with E-state index >= 15 is 0 Å². The van der Waals surface area contributed by atoms with Crippen LogP contribution in [0.3, 0.4) is 0 Å². The Morgan fingerprint density at radius 2 is 1.70 bits per heavy atom. The number of carbonyl (C=O) groups excluding carboxylic acids is 2. The number of nitrogens with zero attached hydrogens (tertiary/aromatic N) is 5. The molecule has 2 aromatic heterocycles. The number of rotatable bonds is 11. The predicted octanol–water partition coefficient (Wildman–Crippen LogP) is 2.89. The Morgan fingerprint density at radius 3 is 2.40 bits per heavy atom. The molecule has 0 fully saturated rings. The van der Waals surface area contributed by atoms with E-state index in [1.807, 2.05) is 0 Å². The molecule has 13 nitrogen and oxygen atoms in total. The summed E-state index contributed by atoms with van der Waals surface area (Å²) in [6, 6.07) is 5.97. The molecule has 0 radical (unpaired) electrons. The Balaban J connectivity index is 1.67. The third kappa shape index (κ3) is 5.65. The van der Waals surface area contributed by atoms with Crippen molar-refractivity contribution in [2.75, 3.05) is 25.1 Å². The minimum absolute atomic E-state index is 0.0331. The molecule has 0 bridgehead atoms. The average Bonchev–Trinajstić information content (AvgIpc) is 3.34. The van der Waals surface area contributed by atoms with E-state index in [0.29, 0.717) is 26.2 Å². The van der Waals surface area contributed by atoms with Crippen molar-refractivity contribution in [3.63, 3.8) is 0 Å². The van der Waals surface area contributed by atoms with E-state index in [0.717, 1.165) is 6.07 Å². The van der Waals surface area contributed by atoms with Gasteiger partial charge in [0.25, 0.3) is 11.2 Å². The fraction of sp³-hybridized carbons (Fsp3) is 0.385. The summed E-state index contributed by atoms with van der Waals surface area (Å²) in [6.07, 6.45) is 0.0376. The highest BCUT2D eigenvalue weighted by molar-refractivity contribution is 5.81. The number of hydrogen-bond donors (Lipinski definition) is 1. The zero-order chi connectivity index (χ0) is 29.0. The third-order valence-electron chi connectivity index (χ3n) is 6.04. The van der Waals surface area contributed by atoms with Gasteiger partial charge in [0.1, 0.15) is 16.7 Å². The lowest BCUT2D eigenvalue weighted by Gasteiger charge is -2.15. The molecule has 212 valence electrons. The molecule has 2 heterocycles. The number of benzene rings is 2. The van der Waals surface area contributed by atoms with E-state index in [2.05, 4.69) is 15.5 Å². The summed E-state index contributed by atoms with van der Waals surface area (Å²) in [4.78, 5) is 25.7. The van der Waals surface area contributed by atoms with Gasteiger partial charge in [0.2, 0.25) is 5.52 Å². The Labute approximate surface area is 228 Å². The van der Waals surface area contributed by atoms with Crippen molar-refractivity contribution in [2.45, 2.75) is 46.6 Å². The normalized spacial score (nSPS) is 11.9. The number of halogens is 1. The van der Waals surface area contributed by atoms with Crippen LogP contribution < -0.4 is 19.5 Å². The van der Waals surface area contributed by atoms with Crippen LogP contribution in [0.1, 0.15) is 45.3 Å². The van der Waals surface area contributed by atoms with Crippen LogP contribution in [0.4, 0.5) is 15.9 Å². The second kappa shape index (κ2) is 12.0. The standard InChI is InChI=1S/C26H29FN6O7/c1-5-38-23-14-22-21(13-17(23)27)32(37)25(15(4)31(22)36)28-16-8-9-18-19(12-16)30-33(29-18)20(26(35)40-7-3)10-11-24(34)39-6-2/h8-9,12-14,20,28H,5-7,10-11H2,1-4H3. The molecule has 4 aromatic rings. The van der Waals surface area contributed by atoms with Gasteiger partial charge in [0.05, 0.1) is 25.9 Å². The summed E-state index contributed by atoms with van der Waals surface area (Å²) in [7, 11) is 0. The molecule has 40 heavy (non-hydrogen) atoms. The summed E-state index contributed by atoms with van der Waals surface area (Å²) >= 11 is 0. The zero-order valence-electron chi connectivity index (χ0n) is 22.5. The fourth-order valence-corrected chi connectivity index (χ4v) is 4.15. The summed E-state index contributed by atoms with van der Waals surface area (Å²) in [5, 5.41) is 37.8. The smallest absolute Gasteiger partial charge is 0.352 e. The first-order valence-electron chi connectivity index (χ1n) is 12.8. The second-order valence-corrected chi connectivity index (χ2v) is 8.69. The summed E-state index contributed by atoms with van der Waals surface area (Å²) in [5.74, 6) is -2.06. The number of esters is 2. The number of carbonyl (C=O) groups is 2. The van der Waals surface area contributed by atoms with Crippen LogP contribution in [0.15, 0.2) is 30.3 Å². The Hall–Kier alpha value is -4.75. The summed E-state index contributed by atoms with van der Waals surface area (Å²) in [6.45, 7) is 7.04. The molecule has 1 atom stereocenters. The predicted molar refractivity (Wildman–Crippen MR) is 140 cm³/mol. The summed E-state index contributed by atoms with van der Waals surface area (Å²) in [5.41, 5.74) is 1.00. The van der Waals surface area contributed by atoms with Gasteiger partial charge in [-0.3, -0.25) is 4.79 Å². The molecule has 0 aliphatic rings. The SMILES string of the molecule is CCOC(=O)CCC(C(=O)OCC)n1nc2ccc(Nc3c(C)[n+]([O-])c4cc(OCC)c(F)cc4[n+]3[O-])cc2n1. The van der Waals surface area contributed by atoms with Crippen molar-refractivity contribution < 1.29 is 37.7 Å². The number of fused-ring (bicyclic) bond motifs is 2. The van der Waals surface area contributed by atoms with Crippen molar-refractivity contribution in [2.24, 2.45) is 0 Å². The van der Waals surface area contributed by atoms with Crippen LogP contribution in [-0.4, -0.2) is 46.8 Å². The quantitative estimate of drug-likeness (QED) is 0.165.